The van der Waals surface area contributed by atoms with Crippen molar-refractivity contribution in [2.75, 3.05) is 7.05 Å². The van der Waals surface area contributed by atoms with Gasteiger partial charge in [0.05, 0.1) is 4.92 Å². The summed E-state index contributed by atoms with van der Waals surface area (Å²) >= 11 is 0. The molecule has 0 aromatic heterocycles. The third kappa shape index (κ3) is 2.95. The Hall–Kier alpha value is -1.26. The molecule has 46 valence electrons. The van der Waals surface area contributed by atoms with E-state index >= 15 is 0 Å². The zero-order valence-corrected chi connectivity index (χ0v) is 4.29. The normalized spacial score (nSPS) is 10.9. The molecule has 0 unspecified atom stereocenters. The molecule has 0 rings (SSSR count). The Morgan fingerprint density at radius 3 is 2.62 bits per heavy atom. The van der Waals surface area contributed by atoms with Gasteiger partial charge in [-0.2, -0.15) is 0 Å². The van der Waals surface area contributed by atoms with E-state index in [0.717, 1.165) is 0 Å². The molecule has 0 saturated carbocycles. The first-order valence-electron chi connectivity index (χ1n) is 1.89. The standard InChI is InChI=1S/C3H6N2O3/c1-4-3(6)2-5(7)8/h2,4,6H,1H3/b3-2-. The largest absolute Gasteiger partial charge is 0.490 e. The minimum atomic E-state index is -0.744. The van der Waals surface area contributed by atoms with Crippen molar-refractivity contribution < 1.29 is 10.0 Å². The van der Waals surface area contributed by atoms with Gasteiger partial charge in [0.1, 0.15) is 0 Å². The molecule has 0 aliphatic rings. The Balaban J connectivity index is 3.75. The molecular weight excluding hydrogens is 112 g/mol. The number of nitrogens with zero attached hydrogens (tertiary/aromatic N) is 1. The third-order valence-electron chi connectivity index (χ3n) is 0.484. The Bertz CT molecular complexity index is 120. The third-order valence-corrected chi connectivity index (χ3v) is 0.484. The minimum absolute atomic E-state index is 0.449. The molecule has 0 heterocycles. The molecule has 0 aromatic carbocycles. The van der Waals surface area contributed by atoms with E-state index in [-0.39, 0.29) is 0 Å². The molecule has 0 spiro atoms. The second-order valence-corrected chi connectivity index (χ2v) is 1.05. The maximum absolute atomic E-state index is 9.50. The van der Waals surface area contributed by atoms with Crippen LogP contribution in [-0.4, -0.2) is 17.1 Å². The first-order chi connectivity index (χ1) is 3.66. The number of hydrogen-bond donors (Lipinski definition) is 2. The highest BCUT2D eigenvalue weighted by molar-refractivity contribution is 4.77. The Morgan fingerprint density at radius 1 is 2.00 bits per heavy atom. The summed E-state index contributed by atoms with van der Waals surface area (Å²) in [5.74, 6) is -0.449. The molecule has 5 heteroatoms. The summed E-state index contributed by atoms with van der Waals surface area (Å²) in [4.78, 5) is 8.75. The summed E-state index contributed by atoms with van der Waals surface area (Å²) in [6, 6.07) is 0. The highest BCUT2D eigenvalue weighted by Gasteiger charge is 1.91. The molecule has 5 nitrogen and oxygen atoms in total. The van der Waals surface area contributed by atoms with Gasteiger partial charge in [0.15, 0.2) is 0 Å². The molecule has 0 bridgehead atoms. The lowest BCUT2D eigenvalue weighted by molar-refractivity contribution is -0.405. The predicted molar refractivity (Wildman–Crippen MR) is 26.8 cm³/mol. The molecule has 0 saturated heterocycles. The molecule has 0 aromatic rings. The van der Waals surface area contributed by atoms with Crippen molar-refractivity contribution in [2.45, 2.75) is 0 Å². The van der Waals surface area contributed by atoms with Gasteiger partial charge in [-0.05, 0) is 0 Å². The quantitative estimate of drug-likeness (QED) is 0.300. The number of aliphatic hydroxyl groups excluding tert-OH is 1. The lowest BCUT2D eigenvalue weighted by atomic mass is 10.8. The fourth-order valence-electron chi connectivity index (χ4n) is 0.164. The molecule has 0 aliphatic heterocycles. The topological polar surface area (TPSA) is 75.4 Å². The van der Waals surface area contributed by atoms with E-state index in [1.807, 2.05) is 0 Å². The van der Waals surface area contributed by atoms with Crippen LogP contribution in [-0.2, 0) is 0 Å². The van der Waals surface area contributed by atoms with Gasteiger partial charge in [0, 0.05) is 7.05 Å². The molecular formula is C3H6N2O3. The summed E-state index contributed by atoms with van der Waals surface area (Å²) in [6.07, 6.45) is 0.472. The summed E-state index contributed by atoms with van der Waals surface area (Å²) in [5.41, 5.74) is 0. The monoisotopic (exact) mass is 118 g/mol. The number of aliphatic hydroxyl groups is 1. The average molecular weight is 118 g/mol. The molecule has 0 amide bonds. The highest BCUT2D eigenvalue weighted by atomic mass is 16.6. The number of nitrogens with one attached hydrogen (secondary N) is 1. The SMILES string of the molecule is CN/C(O)=C/[N+](=O)[O-]. The van der Waals surface area contributed by atoms with Crippen LogP contribution in [0.2, 0.25) is 0 Å². The first-order valence-corrected chi connectivity index (χ1v) is 1.89. The van der Waals surface area contributed by atoms with Crippen LogP contribution >= 0.6 is 0 Å². The second-order valence-electron chi connectivity index (χ2n) is 1.05. The Morgan fingerprint density at radius 2 is 2.50 bits per heavy atom. The van der Waals surface area contributed by atoms with Crippen LogP contribution in [0.4, 0.5) is 0 Å². The van der Waals surface area contributed by atoms with Gasteiger partial charge < -0.3 is 10.4 Å². The second kappa shape index (κ2) is 2.84. The zero-order valence-electron chi connectivity index (χ0n) is 4.29. The Kier molecular flexibility index (Phi) is 2.39. The van der Waals surface area contributed by atoms with E-state index in [1.165, 1.54) is 7.05 Å². The van der Waals surface area contributed by atoms with Crippen molar-refractivity contribution in [1.29, 1.82) is 0 Å². The highest BCUT2D eigenvalue weighted by Crippen LogP contribution is 1.77. The van der Waals surface area contributed by atoms with E-state index in [2.05, 4.69) is 5.32 Å². The summed E-state index contributed by atoms with van der Waals surface area (Å²) < 4.78 is 0. The molecule has 2 N–H and O–H groups in total. The maximum Gasteiger partial charge on any atom is 0.293 e. The first kappa shape index (κ1) is 6.74. The van der Waals surface area contributed by atoms with Gasteiger partial charge in [-0.3, -0.25) is 10.1 Å². The van der Waals surface area contributed by atoms with Crippen molar-refractivity contribution in [1.82, 2.24) is 5.32 Å². The van der Waals surface area contributed by atoms with Crippen molar-refractivity contribution in [3.05, 3.63) is 22.2 Å². The van der Waals surface area contributed by atoms with Gasteiger partial charge in [0.25, 0.3) is 12.1 Å². The lowest BCUT2D eigenvalue weighted by Gasteiger charge is -1.88. The molecule has 8 heavy (non-hydrogen) atoms. The summed E-state index contributed by atoms with van der Waals surface area (Å²) in [5, 5.41) is 20.0. The smallest absolute Gasteiger partial charge is 0.293 e. The number of hydrogen-bond acceptors (Lipinski definition) is 4. The van der Waals surface area contributed by atoms with Crippen molar-refractivity contribution in [3.8, 4) is 0 Å². The van der Waals surface area contributed by atoms with Crippen LogP contribution in [0.5, 0.6) is 0 Å². The van der Waals surface area contributed by atoms with Gasteiger partial charge in [-0.15, -0.1) is 0 Å². The van der Waals surface area contributed by atoms with Crippen LogP contribution in [0.3, 0.4) is 0 Å². The van der Waals surface area contributed by atoms with Crippen molar-refractivity contribution in [2.24, 2.45) is 0 Å². The molecule has 0 aliphatic carbocycles. The minimum Gasteiger partial charge on any atom is -0.490 e. The van der Waals surface area contributed by atoms with E-state index in [9.17, 15) is 10.1 Å². The fourth-order valence-corrected chi connectivity index (χ4v) is 0.164. The number of rotatable bonds is 2. The fraction of sp³-hybridized carbons (Fsp3) is 0.333. The van der Waals surface area contributed by atoms with Gasteiger partial charge in [-0.1, -0.05) is 0 Å². The van der Waals surface area contributed by atoms with Gasteiger partial charge in [-0.25, -0.2) is 0 Å². The molecule has 0 atom stereocenters. The van der Waals surface area contributed by atoms with Crippen LogP contribution in [0.25, 0.3) is 0 Å². The predicted octanol–water partition coefficient (Wildman–Crippen LogP) is -0.161. The van der Waals surface area contributed by atoms with Crippen LogP contribution in [0.15, 0.2) is 12.1 Å². The molecule has 0 fully saturated rings. The van der Waals surface area contributed by atoms with E-state index in [4.69, 9.17) is 5.11 Å². The zero-order chi connectivity index (χ0) is 6.57. The lowest BCUT2D eigenvalue weighted by Crippen LogP contribution is -2.06. The Labute approximate surface area is 45.8 Å². The van der Waals surface area contributed by atoms with E-state index in [0.29, 0.717) is 6.20 Å². The number of nitro groups is 1. The van der Waals surface area contributed by atoms with Crippen LogP contribution in [0.1, 0.15) is 0 Å². The van der Waals surface area contributed by atoms with E-state index in [1.54, 1.807) is 0 Å². The van der Waals surface area contributed by atoms with Crippen molar-refractivity contribution >= 4 is 0 Å². The average Bonchev–Trinajstić information content (AvgIpc) is 1.65. The van der Waals surface area contributed by atoms with Gasteiger partial charge >= 0.3 is 0 Å². The summed E-state index contributed by atoms with van der Waals surface area (Å²) in [6.45, 7) is 0. The summed E-state index contributed by atoms with van der Waals surface area (Å²) in [7, 11) is 1.38. The van der Waals surface area contributed by atoms with Crippen molar-refractivity contribution in [3.63, 3.8) is 0 Å². The van der Waals surface area contributed by atoms with E-state index < -0.39 is 10.8 Å². The van der Waals surface area contributed by atoms with Crippen LogP contribution in [0, 0.1) is 10.1 Å². The maximum atomic E-state index is 9.50. The molecule has 0 radical (unpaired) electrons. The van der Waals surface area contributed by atoms with Gasteiger partial charge in [0.2, 0.25) is 0 Å². The van der Waals surface area contributed by atoms with Crippen LogP contribution < -0.4 is 5.32 Å².